The van der Waals surface area contributed by atoms with E-state index < -0.39 is 5.97 Å². The fourth-order valence-electron chi connectivity index (χ4n) is 4.56. The lowest BCUT2D eigenvalue weighted by Gasteiger charge is -2.32. The number of nitrogens with zero attached hydrogens (tertiary/aromatic N) is 2. The van der Waals surface area contributed by atoms with Gasteiger partial charge in [-0.05, 0) is 6.42 Å². The lowest BCUT2D eigenvalue weighted by Crippen LogP contribution is -2.55. The van der Waals surface area contributed by atoms with Crippen molar-refractivity contribution >= 4 is 24.2 Å². The Morgan fingerprint density at radius 3 is 1.77 bits per heavy atom. The molecule has 0 fully saturated rings. The van der Waals surface area contributed by atoms with Crippen molar-refractivity contribution in [2.24, 2.45) is 4.99 Å². The van der Waals surface area contributed by atoms with E-state index in [4.69, 9.17) is 0 Å². The maximum absolute atomic E-state index is 11.2. The molecule has 0 aromatic carbocycles. The molecule has 0 aromatic rings. The zero-order valence-electron chi connectivity index (χ0n) is 19.5. The summed E-state index contributed by atoms with van der Waals surface area (Å²) in [5.74, 6) is 0.195. The van der Waals surface area contributed by atoms with Crippen LogP contribution in [0.4, 0.5) is 0 Å². The molecule has 0 amide bonds. The second-order valence-electron chi connectivity index (χ2n) is 8.87. The first-order valence-electron chi connectivity index (χ1n) is 12.4. The number of halogens is 1. The van der Waals surface area contributed by atoms with E-state index in [-0.39, 0.29) is 25.6 Å². The summed E-state index contributed by atoms with van der Waals surface area (Å²) in [6, 6.07) is 0. The molecule has 1 atom stereocenters. The quantitative estimate of drug-likeness (QED) is 0.178. The number of rotatable bonds is 20. The van der Waals surface area contributed by atoms with Crippen LogP contribution in [0.5, 0.6) is 0 Å². The molecule has 0 saturated carbocycles. The van der Waals surface area contributed by atoms with Crippen molar-refractivity contribution in [3.05, 3.63) is 0 Å². The molecule has 1 heterocycles. The van der Waals surface area contributed by atoms with E-state index in [1.54, 1.807) is 0 Å². The molecule has 5 nitrogen and oxygen atoms in total. The van der Waals surface area contributed by atoms with Crippen LogP contribution in [-0.4, -0.2) is 59.3 Å². The highest BCUT2D eigenvalue weighted by molar-refractivity contribution is 5.85. The predicted molar refractivity (Wildman–Crippen MR) is 129 cm³/mol. The highest BCUT2D eigenvalue weighted by atomic mass is 35.5. The molecule has 1 aliphatic heterocycles. The Morgan fingerprint density at radius 2 is 1.33 bits per heavy atom. The van der Waals surface area contributed by atoms with Crippen molar-refractivity contribution in [2.45, 2.75) is 110 Å². The molecule has 0 aromatic heterocycles. The Morgan fingerprint density at radius 1 is 0.867 bits per heavy atom. The number of carboxylic acids is 1. The van der Waals surface area contributed by atoms with Crippen LogP contribution in [-0.2, 0) is 4.79 Å². The third-order valence-electron chi connectivity index (χ3n) is 6.34. The minimum atomic E-state index is -0.801. The molecule has 1 rings (SSSR count). The second kappa shape index (κ2) is 19.1. The van der Waals surface area contributed by atoms with Gasteiger partial charge in [0.25, 0.3) is 0 Å². The Bertz CT molecular complexity index is 460. The molecule has 178 valence electrons. The normalized spacial score (nSPS) is 18.3. The van der Waals surface area contributed by atoms with E-state index in [1.165, 1.54) is 89.9 Å². The highest BCUT2D eigenvalue weighted by Crippen LogP contribution is 2.20. The first-order chi connectivity index (χ1) is 14.1. The van der Waals surface area contributed by atoms with Gasteiger partial charge in [-0.15, -0.1) is 12.4 Å². The SMILES string of the molecule is CCCCCCCCCCCCCCCCCC1=NCC[N+]1(CCO)CC(=O)O.Cl. The van der Waals surface area contributed by atoms with E-state index in [2.05, 4.69) is 11.9 Å². The Labute approximate surface area is 191 Å². The van der Waals surface area contributed by atoms with Gasteiger partial charge >= 0.3 is 5.97 Å². The van der Waals surface area contributed by atoms with Crippen molar-refractivity contribution in [2.75, 3.05) is 32.8 Å². The van der Waals surface area contributed by atoms with Crippen molar-refractivity contribution in [3.8, 4) is 0 Å². The van der Waals surface area contributed by atoms with Crippen LogP contribution < -0.4 is 0 Å². The molecule has 1 unspecified atom stereocenters. The number of aliphatic hydroxyl groups excluding tert-OH is 1. The first-order valence-corrected chi connectivity index (χ1v) is 12.4. The molecule has 30 heavy (non-hydrogen) atoms. The predicted octanol–water partition coefficient (Wildman–Crippen LogP) is 5.98. The zero-order valence-corrected chi connectivity index (χ0v) is 20.3. The van der Waals surface area contributed by atoms with Gasteiger partial charge in [-0.2, -0.15) is 0 Å². The van der Waals surface area contributed by atoms with Gasteiger partial charge in [0.05, 0.1) is 13.2 Å². The number of unbranched alkanes of at least 4 members (excludes halogenated alkanes) is 14. The summed E-state index contributed by atoms with van der Waals surface area (Å²) in [6.07, 6.45) is 21.1. The molecule has 0 aliphatic carbocycles. The van der Waals surface area contributed by atoms with Gasteiger partial charge in [0.1, 0.15) is 13.1 Å². The first kappa shape index (κ1) is 29.4. The van der Waals surface area contributed by atoms with Crippen LogP contribution >= 0.6 is 12.4 Å². The summed E-state index contributed by atoms with van der Waals surface area (Å²) in [6.45, 7) is 4.24. The van der Waals surface area contributed by atoms with Crippen molar-refractivity contribution in [1.82, 2.24) is 0 Å². The fraction of sp³-hybridized carbons (Fsp3) is 0.917. The zero-order chi connectivity index (χ0) is 21.2. The molecule has 0 saturated heterocycles. The number of aliphatic imine (C=N–C) groups is 1. The molecule has 0 radical (unpaired) electrons. The molecular weight excluding hydrogens is 400 g/mol. The average molecular weight is 448 g/mol. The summed E-state index contributed by atoms with van der Waals surface area (Å²) < 4.78 is 0.366. The average Bonchev–Trinajstić information content (AvgIpc) is 3.06. The van der Waals surface area contributed by atoms with Gasteiger partial charge in [-0.25, -0.2) is 9.79 Å². The number of carbonyl (C=O) groups is 1. The van der Waals surface area contributed by atoms with Crippen molar-refractivity contribution < 1.29 is 19.5 Å². The monoisotopic (exact) mass is 447 g/mol. The van der Waals surface area contributed by atoms with Crippen molar-refractivity contribution in [3.63, 3.8) is 0 Å². The van der Waals surface area contributed by atoms with Crippen LogP contribution in [0.2, 0.25) is 0 Å². The largest absolute Gasteiger partial charge is 0.477 e. The number of aliphatic carboxylic acids is 1. The number of amidine groups is 1. The molecule has 2 N–H and O–H groups in total. The van der Waals surface area contributed by atoms with Crippen LogP contribution in [0.15, 0.2) is 4.99 Å². The standard InChI is InChI=1S/C24H46N2O3.ClH/c1-2-3-4-5-6-7-8-9-10-11-12-13-14-15-16-17-23-25-18-19-26(23,20-21-27)22-24(28)29;/h27H,2-22H2,1H3;1H/p+1. The minimum absolute atomic E-state index is 0. The lowest BCUT2D eigenvalue weighted by atomic mass is 10.0. The number of quaternary nitrogens is 1. The maximum atomic E-state index is 11.2. The van der Waals surface area contributed by atoms with Gasteiger partial charge in [-0.3, -0.25) is 4.48 Å². The maximum Gasteiger partial charge on any atom is 0.359 e. The number of carboxylic acid groups (broad SMARTS) is 1. The van der Waals surface area contributed by atoms with E-state index in [0.29, 0.717) is 17.6 Å². The Kier molecular flexibility index (Phi) is 18.7. The molecular formula is C24H48ClN2O3+. The molecule has 0 spiro atoms. The number of aliphatic hydroxyl groups is 1. The molecule has 1 aliphatic rings. The van der Waals surface area contributed by atoms with Crippen LogP contribution in [0.25, 0.3) is 0 Å². The Balaban J connectivity index is 0.00000841. The van der Waals surface area contributed by atoms with Gasteiger partial charge in [0, 0.05) is 6.42 Å². The smallest absolute Gasteiger partial charge is 0.359 e. The van der Waals surface area contributed by atoms with Crippen LogP contribution in [0.3, 0.4) is 0 Å². The molecule has 6 heteroatoms. The Hall–Kier alpha value is -0.650. The van der Waals surface area contributed by atoms with Crippen LogP contribution in [0, 0.1) is 0 Å². The van der Waals surface area contributed by atoms with Gasteiger partial charge < -0.3 is 10.2 Å². The van der Waals surface area contributed by atoms with E-state index in [0.717, 1.165) is 25.2 Å². The fourth-order valence-corrected chi connectivity index (χ4v) is 4.56. The van der Waals surface area contributed by atoms with Gasteiger partial charge in [0.2, 0.25) is 0 Å². The lowest BCUT2D eigenvalue weighted by molar-refractivity contribution is -0.829. The summed E-state index contributed by atoms with van der Waals surface area (Å²) in [7, 11) is 0. The number of hydrogen-bond acceptors (Lipinski definition) is 3. The summed E-state index contributed by atoms with van der Waals surface area (Å²) in [4.78, 5) is 15.8. The van der Waals surface area contributed by atoms with E-state index in [1.807, 2.05) is 0 Å². The minimum Gasteiger partial charge on any atom is -0.477 e. The third-order valence-corrected chi connectivity index (χ3v) is 6.34. The van der Waals surface area contributed by atoms with Gasteiger partial charge in [-0.1, -0.05) is 96.8 Å². The number of hydrogen-bond donors (Lipinski definition) is 2. The molecule has 0 bridgehead atoms. The summed E-state index contributed by atoms with van der Waals surface area (Å²) in [5, 5.41) is 18.6. The van der Waals surface area contributed by atoms with E-state index >= 15 is 0 Å². The third kappa shape index (κ3) is 12.9. The van der Waals surface area contributed by atoms with Crippen LogP contribution in [0.1, 0.15) is 110 Å². The summed E-state index contributed by atoms with van der Waals surface area (Å²) in [5.41, 5.74) is 0. The topological polar surface area (TPSA) is 69.9 Å². The summed E-state index contributed by atoms with van der Waals surface area (Å²) >= 11 is 0. The van der Waals surface area contributed by atoms with Crippen molar-refractivity contribution in [1.29, 1.82) is 0 Å². The van der Waals surface area contributed by atoms with E-state index in [9.17, 15) is 15.0 Å². The highest BCUT2D eigenvalue weighted by Gasteiger charge is 2.39. The second-order valence-corrected chi connectivity index (χ2v) is 8.87. The van der Waals surface area contributed by atoms with Gasteiger partial charge in [0.15, 0.2) is 12.4 Å².